The fourth-order valence-corrected chi connectivity index (χ4v) is 2.72. The molecule has 0 radical (unpaired) electrons. The second kappa shape index (κ2) is 7.11. The minimum absolute atomic E-state index is 0.207. The van der Waals surface area contributed by atoms with Gasteiger partial charge >= 0.3 is 0 Å². The number of aliphatic hydroxyl groups excluding tert-OH is 1. The highest BCUT2D eigenvalue weighted by Crippen LogP contribution is 2.27. The largest absolute Gasteiger partial charge is 0.493 e. The van der Waals surface area contributed by atoms with E-state index in [1.54, 1.807) is 7.11 Å². The number of rotatable bonds is 6. The van der Waals surface area contributed by atoms with Gasteiger partial charge in [0.05, 0.1) is 13.2 Å². The van der Waals surface area contributed by atoms with Crippen LogP contribution in [0.15, 0.2) is 18.2 Å². The number of nitrogens with zero attached hydrogens (tertiary/aromatic N) is 2. The summed E-state index contributed by atoms with van der Waals surface area (Å²) in [6.07, 6.45) is -0.283. The third kappa shape index (κ3) is 4.09. The number of aryl methyl sites for hydroxylation is 1. The van der Waals surface area contributed by atoms with Crippen LogP contribution in [0.3, 0.4) is 0 Å². The number of likely N-dealkylation sites (N-methyl/N-ethyl adjacent to an activating group) is 1. The summed E-state index contributed by atoms with van der Waals surface area (Å²) in [4.78, 5) is 4.31. The van der Waals surface area contributed by atoms with Crippen molar-refractivity contribution in [3.63, 3.8) is 0 Å². The molecule has 118 valence electrons. The van der Waals surface area contributed by atoms with Crippen LogP contribution in [0.4, 0.5) is 0 Å². The average molecular weight is 294 g/mol. The minimum atomic E-state index is -0.283. The lowest BCUT2D eigenvalue weighted by atomic mass is 10.2. The zero-order valence-corrected chi connectivity index (χ0v) is 13.4. The number of ether oxygens (including phenoxy) is 2. The molecule has 0 amide bonds. The van der Waals surface area contributed by atoms with Gasteiger partial charge in [-0.15, -0.1) is 0 Å². The van der Waals surface area contributed by atoms with Gasteiger partial charge in [0.2, 0.25) is 0 Å². The summed E-state index contributed by atoms with van der Waals surface area (Å²) >= 11 is 0. The number of β-amino-alcohol motifs (C(OH)–C–C–N with tert-alkyl or cyclic N) is 1. The Morgan fingerprint density at radius 1 is 1.29 bits per heavy atom. The van der Waals surface area contributed by atoms with E-state index in [4.69, 9.17) is 9.47 Å². The van der Waals surface area contributed by atoms with Gasteiger partial charge in [-0.3, -0.25) is 4.90 Å². The average Bonchev–Trinajstić information content (AvgIpc) is 2.81. The Morgan fingerprint density at radius 3 is 2.67 bits per heavy atom. The van der Waals surface area contributed by atoms with E-state index < -0.39 is 0 Å². The van der Waals surface area contributed by atoms with Crippen LogP contribution >= 0.6 is 0 Å². The van der Waals surface area contributed by atoms with E-state index in [1.807, 2.05) is 39.2 Å². The maximum atomic E-state index is 10.0. The van der Waals surface area contributed by atoms with E-state index in [0.29, 0.717) is 13.2 Å². The molecular weight excluding hydrogens is 268 g/mol. The van der Waals surface area contributed by atoms with Crippen LogP contribution in [0.2, 0.25) is 0 Å². The van der Waals surface area contributed by atoms with Crippen molar-refractivity contribution >= 4 is 0 Å². The summed E-state index contributed by atoms with van der Waals surface area (Å²) in [6.45, 7) is 5.00. The number of aliphatic hydroxyl groups is 1. The van der Waals surface area contributed by atoms with Crippen LogP contribution in [0.1, 0.15) is 5.56 Å². The number of methoxy groups -OCH3 is 1. The van der Waals surface area contributed by atoms with Crippen LogP contribution in [0, 0.1) is 6.92 Å². The Hall–Kier alpha value is -1.30. The zero-order chi connectivity index (χ0) is 15.4. The van der Waals surface area contributed by atoms with Crippen LogP contribution < -0.4 is 9.47 Å². The molecule has 0 aromatic heterocycles. The standard InChI is InChI=1S/C16H26N2O3/c1-12-5-6-15(16(9-12)20-4)21-8-7-18-10-13(17(2)3)14(19)11-18/h5-6,9,13-14,19H,7-8,10-11H2,1-4H3/t13-,14-/m0/s1. The molecule has 1 aliphatic heterocycles. The van der Waals surface area contributed by atoms with E-state index in [0.717, 1.165) is 30.2 Å². The van der Waals surface area contributed by atoms with Crippen molar-refractivity contribution in [3.8, 4) is 11.5 Å². The van der Waals surface area contributed by atoms with Gasteiger partial charge in [0.1, 0.15) is 6.61 Å². The lowest BCUT2D eigenvalue weighted by molar-refractivity contribution is 0.112. The van der Waals surface area contributed by atoms with Crippen molar-refractivity contribution in [1.29, 1.82) is 0 Å². The normalized spacial score (nSPS) is 22.8. The molecule has 21 heavy (non-hydrogen) atoms. The van der Waals surface area contributed by atoms with Gasteiger partial charge in [-0.1, -0.05) is 6.07 Å². The van der Waals surface area contributed by atoms with Gasteiger partial charge in [-0.05, 0) is 38.7 Å². The number of benzene rings is 1. The van der Waals surface area contributed by atoms with E-state index in [9.17, 15) is 5.11 Å². The predicted molar refractivity (Wildman–Crippen MR) is 83.1 cm³/mol. The first-order chi connectivity index (χ1) is 10.0. The van der Waals surface area contributed by atoms with Gasteiger partial charge in [-0.25, -0.2) is 0 Å². The summed E-state index contributed by atoms with van der Waals surface area (Å²) in [7, 11) is 5.66. The molecule has 1 saturated heterocycles. The van der Waals surface area contributed by atoms with Crippen molar-refractivity contribution < 1.29 is 14.6 Å². The van der Waals surface area contributed by atoms with Gasteiger partial charge in [0, 0.05) is 25.7 Å². The van der Waals surface area contributed by atoms with Crippen molar-refractivity contribution in [1.82, 2.24) is 9.80 Å². The van der Waals surface area contributed by atoms with Gasteiger partial charge < -0.3 is 19.5 Å². The first-order valence-corrected chi connectivity index (χ1v) is 7.35. The third-order valence-electron chi connectivity index (χ3n) is 3.98. The molecule has 1 aromatic carbocycles. The van der Waals surface area contributed by atoms with E-state index in [-0.39, 0.29) is 12.1 Å². The number of hydrogen-bond donors (Lipinski definition) is 1. The SMILES string of the molecule is COc1cc(C)ccc1OCCN1C[C@H](O)[C@@H](N(C)C)C1. The van der Waals surface area contributed by atoms with E-state index in [2.05, 4.69) is 9.80 Å². The second-order valence-electron chi connectivity index (χ2n) is 5.86. The molecular formula is C16H26N2O3. The number of hydrogen-bond acceptors (Lipinski definition) is 5. The molecule has 5 nitrogen and oxygen atoms in total. The molecule has 1 heterocycles. The molecule has 5 heteroatoms. The molecule has 2 rings (SSSR count). The van der Waals surface area contributed by atoms with Crippen molar-refractivity contribution in [3.05, 3.63) is 23.8 Å². The highest BCUT2D eigenvalue weighted by molar-refractivity contribution is 5.42. The Kier molecular flexibility index (Phi) is 5.45. The summed E-state index contributed by atoms with van der Waals surface area (Å²) in [6, 6.07) is 6.13. The molecule has 0 bridgehead atoms. The first kappa shape index (κ1) is 16.1. The Morgan fingerprint density at radius 2 is 2.05 bits per heavy atom. The topological polar surface area (TPSA) is 45.2 Å². The second-order valence-corrected chi connectivity index (χ2v) is 5.86. The zero-order valence-electron chi connectivity index (χ0n) is 13.4. The van der Waals surface area contributed by atoms with Crippen LogP contribution in [0.25, 0.3) is 0 Å². The van der Waals surface area contributed by atoms with Crippen LogP contribution in [-0.2, 0) is 0 Å². The smallest absolute Gasteiger partial charge is 0.161 e. The fourth-order valence-electron chi connectivity index (χ4n) is 2.72. The highest BCUT2D eigenvalue weighted by atomic mass is 16.5. The molecule has 1 aliphatic rings. The Bertz CT molecular complexity index is 465. The summed E-state index contributed by atoms with van der Waals surface area (Å²) in [5.74, 6) is 1.54. The fraction of sp³-hybridized carbons (Fsp3) is 0.625. The lowest BCUT2D eigenvalue weighted by Crippen LogP contribution is -2.38. The van der Waals surface area contributed by atoms with Gasteiger partial charge in [-0.2, -0.15) is 0 Å². The van der Waals surface area contributed by atoms with Gasteiger partial charge in [0.15, 0.2) is 11.5 Å². The van der Waals surface area contributed by atoms with Gasteiger partial charge in [0.25, 0.3) is 0 Å². The lowest BCUT2D eigenvalue weighted by Gasteiger charge is -2.21. The Labute approximate surface area is 127 Å². The summed E-state index contributed by atoms with van der Waals surface area (Å²) in [5.41, 5.74) is 1.15. The van der Waals surface area contributed by atoms with E-state index in [1.165, 1.54) is 0 Å². The third-order valence-corrected chi connectivity index (χ3v) is 3.98. The molecule has 1 N–H and O–H groups in total. The monoisotopic (exact) mass is 294 g/mol. The molecule has 0 spiro atoms. The summed E-state index contributed by atoms with van der Waals surface area (Å²) < 4.78 is 11.1. The van der Waals surface area contributed by atoms with Crippen molar-refractivity contribution in [2.45, 2.75) is 19.1 Å². The van der Waals surface area contributed by atoms with Crippen LogP contribution in [-0.4, -0.2) is 74.5 Å². The molecule has 0 unspecified atom stereocenters. The molecule has 0 aliphatic carbocycles. The van der Waals surface area contributed by atoms with Crippen LogP contribution in [0.5, 0.6) is 11.5 Å². The molecule has 2 atom stereocenters. The quantitative estimate of drug-likeness (QED) is 0.848. The summed E-state index contributed by atoms with van der Waals surface area (Å²) in [5, 5.41) is 10.0. The predicted octanol–water partition coefficient (Wildman–Crippen LogP) is 0.989. The Balaban J connectivity index is 1.83. The maximum Gasteiger partial charge on any atom is 0.161 e. The minimum Gasteiger partial charge on any atom is -0.493 e. The highest BCUT2D eigenvalue weighted by Gasteiger charge is 2.32. The van der Waals surface area contributed by atoms with Crippen molar-refractivity contribution in [2.75, 3.05) is 47.4 Å². The first-order valence-electron chi connectivity index (χ1n) is 7.35. The maximum absolute atomic E-state index is 10.0. The molecule has 0 saturated carbocycles. The molecule has 1 fully saturated rings. The van der Waals surface area contributed by atoms with E-state index >= 15 is 0 Å². The van der Waals surface area contributed by atoms with Crippen molar-refractivity contribution in [2.24, 2.45) is 0 Å². The molecule has 1 aromatic rings. The number of likely N-dealkylation sites (tertiary alicyclic amines) is 1.